The van der Waals surface area contributed by atoms with Crippen LogP contribution in [0.25, 0.3) is 0 Å². The molecule has 5 unspecified atom stereocenters. The van der Waals surface area contributed by atoms with Gasteiger partial charge in [-0.15, -0.1) is 0 Å². The van der Waals surface area contributed by atoms with Gasteiger partial charge in [0.2, 0.25) is 0 Å². The van der Waals surface area contributed by atoms with Crippen LogP contribution in [0.2, 0.25) is 0 Å². The van der Waals surface area contributed by atoms with Crippen molar-refractivity contribution in [1.29, 1.82) is 0 Å². The molecule has 0 spiro atoms. The summed E-state index contributed by atoms with van der Waals surface area (Å²) in [6, 6.07) is 0. The molecular formula is C19H28O6. The molecule has 0 radical (unpaired) electrons. The van der Waals surface area contributed by atoms with Crippen LogP contribution >= 0.6 is 0 Å². The van der Waals surface area contributed by atoms with Gasteiger partial charge in [0.1, 0.15) is 5.60 Å². The summed E-state index contributed by atoms with van der Waals surface area (Å²) in [6.07, 6.45) is 1.97. The minimum Gasteiger partial charge on any atom is -0.463 e. The molecular weight excluding hydrogens is 324 g/mol. The lowest BCUT2D eigenvalue weighted by Gasteiger charge is -2.33. The maximum absolute atomic E-state index is 12.2. The summed E-state index contributed by atoms with van der Waals surface area (Å²) < 4.78 is 15.8. The van der Waals surface area contributed by atoms with Gasteiger partial charge in [0, 0.05) is 5.92 Å². The lowest BCUT2D eigenvalue weighted by Crippen LogP contribution is -2.37. The van der Waals surface area contributed by atoms with Crippen LogP contribution in [0, 0.1) is 35.0 Å². The Morgan fingerprint density at radius 1 is 1.20 bits per heavy atom. The van der Waals surface area contributed by atoms with E-state index in [1.165, 1.54) is 0 Å². The molecule has 0 aromatic rings. The number of cyclic esters (lactones) is 1. The summed E-state index contributed by atoms with van der Waals surface area (Å²) in [4.78, 5) is 35.7. The van der Waals surface area contributed by atoms with E-state index in [1.54, 1.807) is 20.8 Å². The highest BCUT2D eigenvalue weighted by Gasteiger charge is 2.65. The molecule has 6 nitrogen and oxygen atoms in total. The maximum atomic E-state index is 12.2. The van der Waals surface area contributed by atoms with Crippen molar-refractivity contribution >= 4 is 17.9 Å². The van der Waals surface area contributed by atoms with Crippen molar-refractivity contribution in [3.8, 4) is 0 Å². The largest absolute Gasteiger partial charge is 0.463 e. The molecule has 25 heavy (non-hydrogen) atoms. The molecule has 2 aliphatic carbocycles. The van der Waals surface area contributed by atoms with Gasteiger partial charge in [-0.05, 0) is 65.2 Å². The Balaban J connectivity index is 1.49. The van der Waals surface area contributed by atoms with Crippen molar-refractivity contribution in [2.24, 2.45) is 35.0 Å². The third kappa shape index (κ3) is 3.27. The molecule has 2 saturated carbocycles. The van der Waals surface area contributed by atoms with Gasteiger partial charge in [-0.1, -0.05) is 0 Å². The fourth-order valence-electron chi connectivity index (χ4n) is 4.99. The number of hydrogen-bond acceptors (Lipinski definition) is 6. The van der Waals surface area contributed by atoms with Gasteiger partial charge < -0.3 is 14.2 Å². The molecule has 5 atom stereocenters. The van der Waals surface area contributed by atoms with Crippen molar-refractivity contribution in [3.63, 3.8) is 0 Å². The summed E-state index contributed by atoms with van der Waals surface area (Å²) in [5, 5.41) is 0. The first kappa shape index (κ1) is 18.2. The van der Waals surface area contributed by atoms with Gasteiger partial charge in [0.05, 0.1) is 17.9 Å². The quantitative estimate of drug-likeness (QED) is 0.571. The van der Waals surface area contributed by atoms with E-state index < -0.39 is 17.4 Å². The fraction of sp³-hybridized carbons (Fsp3) is 0.842. The molecule has 1 aliphatic heterocycles. The van der Waals surface area contributed by atoms with E-state index in [1.807, 2.05) is 13.8 Å². The second kappa shape index (κ2) is 5.99. The van der Waals surface area contributed by atoms with Gasteiger partial charge in [-0.3, -0.25) is 9.59 Å². The molecule has 1 saturated heterocycles. The third-order valence-electron chi connectivity index (χ3n) is 5.97. The van der Waals surface area contributed by atoms with Crippen LogP contribution in [0.15, 0.2) is 0 Å². The summed E-state index contributed by atoms with van der Waals surface area (Å²) in [5.74, 6) is 0.0379. The van der Waals surface area contributed by atoms with Gasteiger partial charge in [-0.25, -0.2) is 4.79 Å². The van der Waals surface area contributed by atoms with Crippen molar-refractivity contribution in [3.05, 3.63) is 0 Å². The summed E-state index contributed by atoms with van der Waals surface area (Å²) in [7, 11) is 0. The Morgan fingerprint density at radius 2 is 1.88 bits per heavy atom. The van der Waals surface area contributed by atoms with E-state index in [-0.39, 0.29) is 48.5 Å². The van der Waals surface area contributed by atoms with E-state index >= 15 is 0 Å². The van der Waals surface area contributed by atoms with E-state index in [2.05, 4.69) is 0 Å². The van der Waals surface area contributed by atoms with E-state index in [0.717, 1.165) is 12.8 Å². The molecule has 2 bridgehead atoms. The number of ether oxygens (including phenoxy) is 3. The zero-order valence-electron chi connectivity index (χ0n) is 15.7. The highest BCUT2D eigenvalue weighted by molar-refractivity contribution is 5.79. The lowest BCUT2D eigenvalue weighted by atomic mass is 9.70. The SMILES string of the molecule is CC(C)(C)C(=O)OCC(=O)OCC1CC2CC1C1C(=O)OC(C)(C)C21. The molecule has 6 heteroatoms. The fourth-order valence-corrected chi connectivity index (χ4v) is 4.99. The first-order valence-corrected chi connectivity index (χ1v) is 9.06. The summed E-state index contributed by atoms with van der Waals surface area (Å²) >= 11 is 0. The normalized spacial score (nSPS) is 35.2. The number of esters is 3. The van der Waals surface area contributed by atoms with Crippen LogP contribution in [0.5, 0.6) is 0 Å². The van der Waals surface area contributed by atoms with Crippen LogP contribution in [-0.4, -0.2) is 36.7 Å². The van der Waals surface area contributed by atoms with Gasteiger partial charge in [0.15, 0.2) is 6.61 Å². The maximum Gasteiger partial charge on any atom is 0.344 e. The number of rotatable bonds is 4. The van der Waals surface area contributed by atoms with E-state index in [9.17, 15) is 14.4 Å². The van der Waals surface area contributed by atoms with Crippen LogP contribution in [-0.2, 0) is 28.6 Å². The smallest absolute Gasteiger partial charge is 0.344 e. The molecule has 3 rings (SSSR count). The van der Waals surface area contributed by atoms with Crippen molar-refractivity contribution in [2.75, 3.05) is 13.2 Å². The second-order valence-electron chi connectivity index (χ2n) is 9.24. The number of hydrogen-bond donors (Lipinski definition) is 0. The van der Waals surface area contributed by atoms with Crippen molar-refractivity contribution in [2.45, 2.75) is 53.1 Å². The van der Waals surface area contributed by atoms with Crippen LogP contribution < -0.4 is 0 Å². The Bertz CT molecular complexity index is 587. The second-order valence-corrected chi connectivity index (χ2v) is 9.24. The Hall–Kier alpha value is -1.59. The summed E-state index contributed by atoms with van der Waals surface area (Å²) in [5.41, 5.74) is -1.03. The molecule has 0 amide bonds. The van der Waals surface area contributed by atoms with Gasteiger partial charge in [-0.2, -0.15) is 0 Å². The number of fused-ring (bicyclic) bond motifs is 5. The third-order valence-corrected chi connectivity index (χ3v) is 5.97. The molecule has 3 aliphatic rings. The Kier molecular flexibility index (Phi) is 4.36. The van der Waals surface area contributed by atoms with E-state index in [4.69, 9.17) is 14.2 Å². The Morgan fingerprint density at radius 3 is 2.52 bits per heavy atom. The van der Waals surface area contributed by atoms with E-state index in [0.29, 0.717) is 5.92 Å². The number of carbonyl (C=O) groups is 3. The molecule has 0 N–H and O–H groups in total. The van der Waals surface area contributed by atoms with Crippen molar-refractivity contribution in [1.82, 2.24) is 0 Å². The minimum atomic E-state index is -0.643. The molecule has 1 heterocycles. The van der Waals surface area contributed by atoms with Crippen LogP contribution in [0.3, 0.4) is 0 Å². The first-order valence-electron chi connectivity index (χ1n) is 9.06. The van der Waals surface area contributed by atoms with Crippen molar-refractivity contribution < 1.29 is 28.6 Å². The lowest BCUT2D eigenvalue weighted by molar-refractivity contribution is -0.165. The summed E-state index contributed by atoms with van der Waals surface area (Å²) in [6.45, 7) is 9.10. The highest BCUT2D eigenvalue weighted by atomic mass is 16.6. The standard InChI is InChI=1S/C19H28O6/c1-18(2,3)17(22)24-9-13(20)23-8-11-6-10-7-12(11)14-15(10)19(4,5)25-16(14)21/h10-12,14-15H,6-9H2,1-5H3. The Labute approximate surface area is 148 Å². The zero-order valence-corrected chi connectivity index (χ0v) is 15.7. The predicted molar refractivity (Wildman–Crippen MR) is 88.2 cm³/mol. The average Bonchev–Trinajstić information content (AvgIpc) is 3.12. The van der Waals surface area contributed by atoms with Crippen LogP contribution in [0.4, 0.5) is 0 Å². The molecule has 3 fully saturated rings. The van der Waals surface area contributed by atoms with Gasteiger partial charge >= 0.3 is 17.9 Å². The minimum absolute atomic E-state index is 0.0591. The molecule has 0 aromatic heterocycles. The molecule has 140 valence electrons. The average molecular weight is 352 g/mol. The predicted octanol–water partition coefficient (Wildman–Crippen LogP) is 2.34. The number of carbonyl (C=O) groups excluding carboxylic acids is 3. The molecule has 0 aromatic carbocycles. The first-order chi connectivity index (χ1) is 11.5. The van der Waals surface area contributed by atoms with Gasteiger partial charge in [0.25, 0.3) is 0 Å². The zero-order chi connectivity index (χ0) is 18.6. The highest BCUT2D eigenvalue weighted by Crippen LogP contribution is 2.62. The monoisotopic (exact) mass is 352 g/mol. The topological polar surface area (TPSA) is 78.9 Å². The van der Waals surface area contributed by atoms with Crippen LogP contribution in [0.1, 0.15) is 47.5 Å².